The number of hydrogen-bond donors (Lipinski definition) is 1. The number of hydrogen-bond acceptors (Lipinski definition) is 3. The molecule has 0 radical (unpaired) electrons. The van der Waals surface area contributed by atoms with Gasteiger partial charge in [-0.05, 0) is 24.6 Å². The highest BCUT2D eigenvalue weighted by Crippen LogP contribution is 2.31. The molecular weight excluding hydrogens is 323 g/mol. The van der Waals surface area contributed by atoms with Gasteiger partial charge in [-0.1, -0.05) is 0 Å². The van der Waals surface area contributed by atoms with E-state index in [0.717, 1.165) is 33.6 Å². The van der Waals surface area contributed by atoms with Gasteiger partial charge < -0.3 is 4.98 Å². The van der Waals surface area contributed by atoms with E-state index in [1.807, 2.05) is 19.1 Å². The average Bonchev–Trinajstić information content (AvgIpc) is 3.10. The number of pyridine rings is 1. The van der Waals surface area contributed by atoms with Crippen LogP contribution in [0.25, 0.3) is 21.3 Å². The minimum atomic E-state index is -1.22. The number of halogens is 3. The first-order valence-electron chi connectivity index (χ1n) is 6.89. The summed E-state index contributed by atoms with van der Waals surface area (Å²) in [4.78, 5) is 11.5. The lowest BCUT2D eigenvalue weighted by atomic mass is 10.1. The van der Waals surface area contributed by atoms with Gasteiger partial charge in [-0.2, -0.15) is 0 Å². The lowest BCUT2D eigenvalue weighted by Gasteiger charge is -1.96. The van der Waals surface area contributed by atoms with E-state index >= 15 is 0 Å². The van der Waals surface area contributed by atoms with Gasteiger partial charge in [0.05, 0.1) is 9.71 Å². The number of H-pyrrole nitrogens is 1. The molecule has 3 aromatic heterocycles. The molecule has 4 rings (SSSR count). The summed E-state index contributed by atoms with van der Waals surface area (Å²) < 4.78 is 40.8. The minimum Gasteiger partial charge on any atom is -0.346 e. The Bertz CT molecular complexity index is 1050. The lowest BCUT2D eigenvalue weighted by molar-refractivity contribution is 0.504. The van der Waals surface area contributed by atoms with Crippen molar-refractivity contribution in [2.45, 2.75) is 13.3 Å². The highest BCUT2D eigenvalue weighted by Gasteiger charge is 2.18. The number of aryl methyl sites for hydroxylation is 1. The zero-order valence-corrected chi connectivity index (χ0v) is 12.8. The summed E-state index contributed by atoms with van der Waals surface area (Å²) in [6, 6.07) is 4.39. The van der Waals surface area contributed by atoms with Crippen molar-refractivity contribution < 1.29 is 13.2 Å². The number of fused-ring (bicyclic) bond motifs is 2. The smallest absolute Gasteiger partial charge is 0.186 e. The van der Waals surface area contributed by atoms with Gasteiger partial charge in [0.25, 0.3) is 0 Å². The number of thiazole rings is 1. The summed E-state index contributed by atoms with van der Waals surface area (Å²) in [5.74, 6) is -3.13. The van der Waals surface area contributed by atoms with Crippen LogP contribution in [-0.4, -0.2) is 15.0 Å². The third kappa shape index (κ3) is 2.28. The molecule has 0 saturated heterocycles. The number of nitrogens with zero attached hydrogens (tertiary/aromatic N) is 2. The molecule has 0 unspecified atom stereocenters. The SMILES string of the molecule is Cc1ccc2c(Cc3nc4c(F)c(F)cc(F)c4s3)c[nH]c2n1. The summed E-state index contributed by atoms with van der Waals surface area (Å²) in [6.45, 7) is 1.90. The molecule has 3 heterocycles. The first-order valence-corrected chi connectivity index (χ1v) is 7.71. The summed E-state index contributed by atoms with van der Waals surface area (Å²) in [5.41, 5.74) is 2.32. The Hall–Kier alpha value is -2.41. The number of aromatic amines is 1. The Morgan fingerprint density at radius 1 is 1.13 bits per heavy atom. The molecule has 1 N–H and O–H groups in total. The van der Waals surface area contributed by atoms with Crippen molar-refractivity contribution in [3.8, 4) is 0 Å². The van der Waals surface area contributed by atoms with E-state index in [1.54, 1.807) is 6.20 Å². The number of nitrogens with one attached hydrogen (secondary N) is 1. The topological polar surface area (TPSA) is 41.6 Å². The molecule has 0 spiro atoms. The van der Waals surface area contributed by atoms with Gasteiger partial charge in [0.1, 0.15) is 17.0 Å². The van der Waals surface area contributed by atoms with Gasteiger partial charge in [-0.25, -0.2) is 23.1 Å². The Balaban J connectivity index is 1.80. The average molecular weight is 333 g/mol. The van der Waals surface area contributed by atoms with Gasteiger partial charge >= 0.3 is 0 Å². The van der Waals surface area contributed by atoms with Crippen molar-refractivity contribution in [2.75, 3.05) is 0 Å². The van der Waals surface area contributed by atoms with Gasteiger partial charge in [-0.15, -0.1) is 11.3 Å². The van der Waals surface area contributed by atoms with E-state index in [0.29, 0.717) is 17.5 Å². The van der Waals surface area contributed by atoms with Gasteiger partial charge in [0, 0.05) is 29.8 Å². The van der Waals surface area contributed by atoms with Crippen LogP contribution in [0.1, 0.15) is 16.3 Å². The second-order valence-corrected chi connectivity index (χ2v) is 6.36. The Kier molecular flexibility index (Phi) is 3.12. The quantitative estimate of drug-likeness (QED) is 0.549. The van der Waals surface area contributed by atoms with Crippen LogP contribution in [0.15, 0.2) is 24.4 Å². The molecule has 0 bridgehead atoms. The number of benzene rings is 1. The van der Waals surface area contributed by atoms with Crippen LogP contribution < -0.4 is 0 Å². The van der Waals surface area contributed by atoms with Crippen LogP contribution in [-0.2, 0) is 6.42 Å². The molecule has 0 atom stereocenters. The lowest BCUT2D eigenvalue weighted by Crippen LogP contribution is -1.89. The van der Waals surface area contributed by atoms with Crippen molar-refractivity contribution >= 4 is 32.6 Å². The van der Waals surface area contributed by atoms with Crippen molar-refractivity contribution in [3.05, 3.63) is 58.1 Å². The summed E-state index contributed by atoms with van der Waals surface area (Å²) in [7, 11) is 0. The van der Waals surface area contributed by atoms with Crippen LogP contribution in [0.4, 0.5) is 13.2 Å². The number of aromatic nitrogens is 3. The van der Waals surface area contributed by atoms with Gasteiger partial charge in [-0.3, -0.25) is 0 Å². The third-order valence-corrected chi connectivity index (χ3v) is 4.73. The number of rotatable bonds is 2. The molecule has 0 aliphatic carbocycles. The molecule has 0 fully saturated rings. The van der Waals surface area contributed by atoms with E-state index in [4.69, 9.17) is 0 Å². The molecule has 0 amide bonds. The molecule has 3 nitrogen and oxygen atoms in total. The predicted octanol–water partition coefficient (Wildman–Crippen LogP) is 4.49. The standard InChI is InChI=1S/C16H10F3N3S/c1-7-2-3-9-8(6-20-16(9)21-7)4-12-22-14-13(19)10(17)5-11(18)15(14)23-12/h2-3,5-6H,4H2,1H3,(H,20,21). The van der Waals surface area contributed by atoms with E-state index in [9.17, 15) is 13.2 Å². The van der Waals surface area contributed by atoms with Crippen molar-refractivity contribution in [1.29, 1.82) is 0 Å². The molecule has 23 heavy (non-hydrogen) atoms. The first kappa shape index (κ1) is 14.2. The Labute approximate surface area is 132 Å². The van der Waals surface area contributed by atoms with E-state index in [2.05, 4.69) is 15.0 Å². The van der Waals surface area contributed by atoms with Crippen molar-refractivity contribution in [2.24, 2.45) is 0 Å². The summed E-state index contributed by atoms with van der Waals surface area (Å²) >= 11 is 1.03. The predicted molar refractivity (Wildman–Crippen MR) is 83.1 cm³/mol. The van der Waals surface area contributed by atoms with Crippen LogP contribution >= 0.6 is 11.3 Å². The normalized spacial score (nSPS) is 11.7. The fraction of sp³-hybridized carbons (Fsp3) is 0.125. The summed E-state index contributed by atoms with van der Waals surface area (Å²) in [6.07, 6.45) is 2.20. The Morgan fingerprint density at radius 2 is 1.96 bits per heavy atom. The zero-order valence-electron chi connectivity index (χ0n) is 12.0. The molecule has 0 aliphatic rings. The van der Waals surface area contributed by atoms with Crippen molar-refractivity contribution in [3.63, 3.8) is 0 Å². The van der Waals surface area contributed by atoms with E-state index in [-0.39, 0.29) is 10.2 Å². The fourth-order valence-corrected chi connectivity index (χ4v) is 3.56. The van der Waals surface area contributed by atoms with Crippen LogP contribution in [0.2, 0.25) is 0 Å². The maximum atomic E-state index is 13.8. The van der Waals surface area contributed by atoms with Crippen LogP contribution in [0, 0.1) is 24.4 Å². The maximum Gasteiger partial charge on any atom is 0.186 e. The summed E-state index contributed by atoms with van der Waals surface area (Å²) in [5, 5.41) is 1.45. The van der Waals surface area contributed by atoms with Gasteiger partial charge in [0.15, 0.2) is 11.6 Å². The second kappa shape index (κ2) is 5.06. The highest BCUT2D eigenvalue weighted by atomic mass is 32.1. The monoisotopic (exact) mass is 333 g/mol. The molecule has 116 valence electrons. The first-order chi connectivity index (χ1) is 11.0. The molecule has 4 aromatic rings. The fourth-order valence-electron chi connectivity index (χ4n) is 2.57. The zero-order chi connectivity index (χ0) is 16.1. The highest BCUT2D eigenvalue weighted by molar-refractivity contribution is 7.18. The molecule has 1 aromatic carbocycles. The largest absolute Gasteiger partial charge is 0.346 e. The minimum absolute atomic E-state index is 0.0349. The second-order valence-electron chi connectivity index (χ2n) is 5.28. The molecule has 7 heteroatoms. The maximum absolute atomic E-state index is 13.8. The molecular formula is C16H10F3N3S. The van der Waals surface area contributed by atoms with Gasteiger partial charge in [0.2, 0.25) is 0 Å². The van der Waals surface area contributed by atoms with Crippen LogP contribution in [0.5, 0.6) is 0 Å². The Morgan fingerprint density at radius 3 is 2.78 bits per heavy atom. The van der Waals surface area contributed by atoms with Crippen LogP contribution in [0.3, 0.4) is 0 Å². The molecule has 0 aliphatic heterocycles. The third-order valence-electron chi connectivity index (χ3n) is 3.66. The molecule has 0 saturated carbocycles. The van der Waals surface area contributed by atoms with E-state index < -0.39 is 17.5 Å². The van der Waals surface area contributed by atoms with Crippen molar-refractivity contribution in [1.82, 2.24) is 15.0 Å². The van der Waals surface area contributed by atoms with E-state index in [1.165, 1.54) is 0 Å².